The third-order valence-electron chi connectivity index (χ3n) is 5.98. The van der Waals surface area contributed by atoms with Crippen LogP contribution in [0.15, 0.2) is 4.99 Å². The van der Waals surface area contributed by atoms with E-state index in [-0.39, 0.29) is 24.0 Å². The average Bonchev–Trinajstić information content (AvgIpc) is 2.65. The molecule has 2 rings (SSSR count). The quantitative estimate of drug-likeness (QED) is 0.220. The largest absolute Gasteiger partial charge is 0.356 e. The Kier molecular flexibility index (Phi) is 13.2. The summed E-state index contributed by atoms with van der Waals surface area (Å²) in [5, 5.41) is 7.39. The molecule has 1 saturated carbocycles. The Balaban J connectivity index is 0.00000392. The van der Waals surface area contributed by atoms with E-state index in [1.165, 1.54) is 38.9 Å². The Morgan fingerprint density at radius 1 is 1.14 bits per heavy atom. The maximum Gasteiger partial charge on any atom is 0.191 e. The summed E-state index contributed by atoms with van der Waals surface area (Å²) >= 11 is 0. The second-order valence-electron chi connectivity index (χ2n) is 8.71. The first kappa shape index (κ1) is 26.1. The van der Waals surface area contributed by atoms with Crippen LogP contribution >= 0.6 is 24.0 Å². The summed E-state index contributed by atoms with van der Waals surface area (Å²) in [5.74, 6) is 3.37. The number of unbranched alkanes of at least 4 members (excludes halogenated alkanes) is 1. The molecule has 1 saturated heterocycles. The van der Waals surface area contributed by atoms with Crippen LogP contribution in [0, 0.1) is 11.8 Å². The third kappa shape index (κ3) is 9.28. The normalized spacial score (nSPS) is 30.4. The van der Waals surface area contributed by atoms with Gasteiger partial charge in [-0.15, -0.1) is 24.0 Å². The van der Waals surface area contributed by atoms with Gasteiger partial charge >= 0.3 is 0 Å². The van der Waals surface area contributed by atoms with Crippen LogP contribution in [0.1, 0.15) is 65.7 Å². The summed E-state index contributed by atoms with van der Waals surface area (Å²) in [6.07, 6.45) is 8.23. The molecule has 5 unspecified atom stereocenters. The van der Waals surface area contributed by atoms with Crippen LogP contribution in [0.3, 0.4) is 0 Å². The Morgan fingerprint density at radius 2 is 1.86 bits per heavy atom. The second kappa shape index (κ2) is 14.2. The molecule has 1 aliphatic heterocycles. The fourth-order valence-corrected chi connectivity index (χ4v) is 6.13. The first-order chi connectivity index (χ1) is 13.0. The van der Waals surface area contributed by atoms with Crippen LogP contribution in [0.5, 0.6) is 0 Å². The predicted molar refractivity (Wildman–Crippen MR) is 133 cm³/mol. The molecule has 5 atom stereocenters. The lowest BCUT2D eigenvalue weighted by atomic mass is 9.92. The highest BCUT2D eigenvalue weighted by Gasteiger charge is 2.26. The fourth-order valence-electron chi connectivity index (χ4n) is 4.78. The lowest BCUT2D eigenvalue weighted by molar-refractivity contribution is 0.139. The highest BCUT2D eigenvalue weighted by molar-refractivity contribution is 14.0. The van der Waals surface area contributed by atoms with E-state index in [9.17, 15) is 4.21 Å². The van der Waals surface area contributed by atoms with Gasteiger partial charge in [-0.25, -0.2) is 0 Å². The van der Waals surface area contributed by atoms with E-state index >= 15 is 0 Å². The number of hydrogen-bond acceptors (Lipinski definition) is 3. The number of hydrogen-bond donors (Lipinski definition) is 2. The number of aliphatic imine (C=N–C) groups is 1. The zero-order valence-electron chi connectivity index (χ0n) is 18.4. The molecule has 2 N–H and O–H groups in total. The van der Waals surface area contributed by atoms with E-state index in [1.54, 1.807) is 0 Å². The van der Waals surface area contributed by atoms with Gasteiger partial charge in [0.15, 0.2) is 5.96 Å². The fraction of sp³-hybridized carbons (Fsp3) is 0.952. The monoisotopic (exact) mass is 526 g/mol. The van der Waals surface area contributed by atoms with Gasteiger partial charge in [-0.05, 0) is 56.9 Å². The highest BCUT2D eigenvalue weighted by atomic mass is 127. The van der Waals surface area contributed by atoms with Crippen molar-refractivity contribution in [1.82, 2.24) is 15.5 Å². The standard InChI is InChI=1S/C21H42N4OS.HI/c1-5-27(26)20-10-8-9-19(14-20)24-21(22-4)23-11-6-7-12-25-15-17(2)13-18(3)16-25;/h17-20H,5-16H2,1-4H3,(H2,22,23,24);1H. The zero-order valence-corrected chi connectivity index (χ0v) is 21.6. The molecule has 166 valence electrons. The third-order valence-corrected chi connectivity index (χ3v) is 7.73. The molecule has 0 aromatic heterocycles. The van der Waals surface area contributed by atoms with Gasteiger partial charge in [0.2, 0.25) is 0 Å². The molecule has 5 nitrogen and oxygen atoms in total. The molecular weight excluding hydrogens is 483 g/mol. The maximum atomic E-state index is 12.1. The second-order valence-corrected chi connectivity index (χ2v) is 10.7. The van der Waals surface area contributed by atoms with Crippen molar-refractivity contribution in [3.05, 3.63) is 0 Å². The van der Waals surface area contributed by atoms with Gasteiger partial charge in [0, 0.05) is 54.5 Å². The van der Waals surface area contributed by atoms with E-state index in [2.05, 4.69) is 34.4 Å². The van der Waals surface area contributed by atoms with Gasteiger partial charge in [0.25, 0.3) is 0 Å². The minimum Gasteiger partial charge on any atom is -0.356 e. The Labute approximate surface area is 192 Å². The van der Waals surface area contributed by atoms with Crippen molar-refractivity contribution in [3.8, 4) is 0 Å². The first-order valence-electron chi connectivity index (χ1n) is 11.1. The molecular formula is C21H43IN4OS. The van der Waals surface area contributed by atoms with E-state index in [0.29, 0.717) is 11.3 Å². The van der Waals surface area contributed by atoms with Crippen LogP contribution in [0.4, 0.5) is 0 Å². The van der Waals surface area contributed by atoms with Crippen molar-refractivity contribution < 1.29 is 4.21 Å². The summed E-state index contributed by atoms with van der Waals surface area (Å²) in [6, 6.07) is 0.404. The number of guanidine groups is 1. The lowest BCUT2D eigenvalue weighted by Gasteiger charge is -2.35. The molecule has 0 aromatic rings. The number of likely N-dealkylation sites (tertiary alicyclic amines) is 1. The van der Waals surface area contributed by atoms with Crippen molar-refractivity contribution in [3.63, 3.8) is 0 Å². The molecule has 7 heteroatoms. The van der Waals surface area contributed by atoms with Gasteiger partial charge in [0.1, 0.15) is 0 Å². The maximum absolute atomic E-state index is 12.1. The van der Waals surface area contributed by atoms with Gasteiger partial charge in [-0.3, -0.25) is 9.20 Å². The van der Waals surface area contributed by atoms with Gasteiger partial charge in [-0.2, -0.15) is 0 Å². The zero-order chi connectivity index (χ0) is 19.6. The minimum absolute atomic E-state index is 0. The van der Waals surface area contributed by atoms with Crippen molar-refractivity contribution in [2.75, 3.05) is 39.0 Å². The number of nitrogens with zero attached hydrogens (tertiary/aromatic N) is 2. The SMILES string of the molecule is CCS(=O)C1CCCC(NC(=NC)NCCCCN2CC(C)CC(C)C2)C1.I. The smallest absolute Gasteiger partial charge is 0.191 e. The molecule has 0 bridgehead atoms. The molecule has 0 amide bonds. The summed E-state index contributed by atoms with van der Waals surface area (Å²) in [5.41, 5.74) is 0. The van der Waals surface area contributed by atoms with Crippen LogP contribution in [0.2, 0.25) is 0 Å². The van der Waals surface area contributed by atoms with E-state index in [0.717, 1.165) is 55.8 Å². The summed E-state index contributed by atoms with van der Waals surface area (Å²) < 4.78 is 12.1. The Bertz CT molecular complexity index is 481. The van der Waals surface area contributed by atoms with E-state index in [1.807, 2.05) is 14.0 Å². The number of nitrogens with one attached hydrogen (secondary N) is 2. The molecule has 0 radical (unpaired) electrons. The summed E-state index contributed by atoms with van der Waals surface area (Å²) in [6.45, 7) is 11.5. The molecule has 2 aliphatic rings. The molecule has 2 fully saturated rings. The van der Waals surface area contributed by atoms with Gasteiger partial charge < -0.3 is 15.5 Å². The number of halogens is 1. The minimum atomic E-state index is -0.672. The topological polar surface area (TPSA) is 56.7 Å². The van der Waals surface area contributed by atoms with E-state index < -0.39 is 10.8 Å². The van der Waals surface area contributed by atoms with Crippen molar-refractivity contribution in [1.29, 1.82) is 0 Å². The predicted octanol–water partition coefficient (Wildman–Crippen LogP) is 3.61. The van der Waals surface area contributed by atoms with E-state index in [4.69, 9.17) is 0 Å². The van der Waals surface area contributed by atoms with Crippen molar-refractivity contribution >= 4 is 40.7 Å². The summed E-state index contributed by atoms with van der Waals surface area (Å²) in [7, 11) is 1.17. The molecule has 28 heavy (non-hydrogen) atoms. The van der Waals surface area contributed by atoms with Crippen LogP contribution < -0.4 is 10.6 Å². The molecule has 1 aliphatic carbocycles. The van der Waals surface area contributed by atoms with Crippen LogP contribution in [-0.2, 0) is 10.8 Å². The number of piperidine rings is 1. The number of rotatable bonds is 8. The average molecular weight is 527 g/mol. The van der Waals surface area contributed by atoms with Gasteiger partial charge in [-0.1, -0.05) is 27.2 Å². The highest BCUT2D eigenvalue weighted by Crippen LogP contribution is 2.23. The summed E-state index contributed by atoms with van der Waals surface area (Å²) in [4.78, 5) is 7.03. The Morgan fingerprint density at radius 3 is 2.50 bits per heavy atom. The van der Waals surface area contributed by atoms with Crippen LogP contribution in [0.25, 0.3) is 0 Å². The van der Waals surface area contributed by atoms with Crippen molar-refractivity contribution in [2.24, 2.45) is 16.8 Å². The Hall–Kier alpha value is 0.110. The van der Waals surface area contributed by atoms with Crippen molar-refractivity contribution in [2.45, 2.75) is 77.0 Å². The molecule has 0 spiro atoms. The molecule has 0 aromatic carbocycles. The van der Waals surface area contributed by atoms with Gasteiger partial charge in [0.05, 0.1) is 0 Å². The molecule has 1 heterocycles. The first-order valence-corrected chi connectivity index (χ1v) is 12.5. The van der Waals surface area contributed by atoms with Crippen LogP contribution in [-0.4, -0.2) is 65.3 Å². The lowest BCUT2D eigenvalue weighted by Crippen LogP contribution is -2.47.